The van der Waals surface area contributed by atoms with E-state index in [0.717, 1.165) is 19.3 Å². The normalized spacial score (nSPS) is 27.3. The van der Waals surface area contributed by atoms with Crippen LogP contribution in [0.5, 0.6) is 0 Å². The van der Waals surface area contributed by atoms with Crippen LogP contribution in [0.25, 0.3) is 0 Å². The average molecular weight is 308 g/mol. The van der Waals surface area contributed by atoms with Crippen LogP contribution < -0.4 is 5.73 Å². The number of hydrogen-bond acceptors (Lipinski definition) is 3. The first-order chi connectivity index (χ1) is 10.0. The van der Waals surface area contributed by atoms with Gasteiger partial charge in [-0.25, -0.2) is 8.42 Å². The maximum Gasteiger partial charge on any atom is 0.243 e. The molecule has 4 nitrogen and oxygen atoms in total. The van der Waals surface area contributed by atoms with Gasteiger partial charge in [0.15, 0.2) is 0 Å². The molecule has 1 aliphatic carbocycles. The lowest BCUT2D eigenvalue weighted by atomic mass is 9.79. The van der Waals surface area contributed by atoms with Crippen LogP contribution in [-0.4, -0.2) is 25.3 Å². The number of benzene rings is 1. The van der Waals surface area contributed by atoms with E-state index in [1.807, 2.05) is 0 Å². The number of piperidine rings is 1. The van der Waals surface area contributed by atoms with Crippen molar-refractivity contribution in [3.05, 3.63) is 23.8 Å². The molecule has 5 heteroatoms. The van der Waals surface area contributed by atoms with Gasteiger partial charge in [-0.2, -0.15) is 4.31 Å². The molecule has 0 radical (unpaired) electrons. The second kappa shape index (κ2) is 5.61. The smallest absolute Gasteiger partial charge is 0.243 e. The van der Waals surface area contributed by atoms with Crippen LogP contribution >= 0.6 is 0 Å². The predicted molar refractivity (Wildman–Crippen MR) is 84.5 cm³/mol. The summed E-state index contributed by atoms with van der Waals surface area (Å²) in [5.41, 5.74) is 7.12. The monoisotopic (exact) mass is 308 g/mol. The molecule has 116 valence electrons. The highest BCUT2D eigenvalue weighted by Gasteiger charge is 2.40. The molecule has 1 saturated heterocycles. The third-order valence-corrected chi connectivity index (χ3v) is 7.17. The number of anilines is 1. The second-order valence-electron chi connectivity index (χ2n) is 6.34. The van der Waals surface area contributed by atoms with Crippen LogP contribution in [0.1, 0.15) is 44.1 Å². The first-order valence-electron chi connectivity index (χ1n) is 7.89. The summed E-state index contributed by atoms with van der Waals surface area (Å²) in [5, 5.41) is 0. The number of sulfonamides is 1. The molecule has 3 rings (SSSR count). The highest BCUT2D eigenvalue weighted by Crippen LogP contribution is 2.38. The predicted octanol–water partition coefficient (Wildman–Crippen LogP) is 2.92. The van der Waals surface area contributed by atoms with E-state index in [1.54, 1.807) is 29.4 Å². The summed E-state index contributed by atoms with van der Waals surface area (Å²) < 4.78 is 27.9. The van der Waals surface area contributed by atoms with Crippen molar-refractivity contribution in [3.63, 3.8) is 0 Å². The minimum absolute atomic E-state index is 0.193. The van der Waals surface area contributed by atoms with Crippen molar-refractivity contribution in [2.45, 2.75) is 56.4 Å². The standard InChI is InChI=1S/C16H24N2O2S/c1-12-14(17)8-4-10-16(12)21(19,20)18-11-5-7-13-6-2-3-9-15(13)18/h4,8,10,13,15H,2-3,5-7,9,11,17H2,1H3. The Morgan fingerprint density at radius 2 is 1.86 bits per heavy atom. The topological polar surface area (TPSA) is 63.4 Å². The van der Waals surface area contributed by atoms with Gasteiger partial charge in [0, 0.05) is 18.3 Å². The summed E-state index contributed by atoms with van der Waals surface area (Å²) in [6.45, 7) is 2.45. The molecule has 0 bridgehead atoms. The quantitative estimate of drug-likeness (QED) is 0.854. The van der Waals surface area contributed by atoms with E-state index in [2.05, 4.69) is 0 Å². The highest BCUT2D eigenvalue weighted by atomic mass is 32.2. The molecule has 0 amide bonds. The van der Waals surface area contributed by atoms with Crippen LogP contribution in [0.2, 0.25) is 0 Å². The highest BCUT2D eigenvalue weighted by molar-refractivity contribution is 7.89. The van der Waals surface area contributed by atoms with Gasteiger partial charge in [0.05, 0.1) is 4.90 Å². The molecule has 1 aromatic rings. The molecule has 2 fully saturated rings. The van der Waals surface area contributed by atoms with E-state index in [1.165, 1.54) is 19.3 Å². The van der Waals surface area contributed by atoms with Gasteiger partial charge >= 0.3 is 0 Å². The van der Waals surface area contributed by atoms with E-state index in [9.17, 15) is 8.42 Å². The lowest BCUT2D eigenvalue weighted by Crippen LogP contribution is -2.49. The molecule has 0 aromatic heterocycles. The third-order valence-electron chi connectivity index (χ3n) is 5.10. The molecule has 1 aromatic carbocycles. The van der Waals surface area contributed by atoms with Gasteiger partial charge in [-0.05, 0) is 56.2 Å². The average Bonchev–Trinajstić information content (AvgIpc) is 2.49. The Labute approximate surface area is 127 Å². The van der Waals surface area contributed by atoms with Crippen LogP contribution in [0, 0.1) is 12.8 Å². The first-order valence-corrected chi connectivity index (χ1v) is 9.33. The molecule has 2 atom stereocenters. The van der Waals surface area contributed by atoms with Gasteiger partial charge in [-0.1, -0.05) is 18.9 Å². The summed E-state index contributed by atoms with van der Waals surface area (Å²) in [5.74, 6) is 0.545. The zero-order valence-corrected chi connectivity index (χ0v) is 13.4. The van der Waals surface area contributed by atoms with E-state index >= 15 is 0 Å². The number of nitrogens with zero attached hydrogens (tertiary/aromatic N) is 1. The Kier molecular flexibility index (Phi) is 3.97. The van der Waals surface area contributed by atoms with Gasteiger partial charge < -0.3 is 5.73 Å². The first kappa shape index (κ1) is 14.9. The summed E-state index contributed by atoms with van der Waals surface area (Å²) in [7, 11) is -3.43. The Balaban J connectivity index is 1.98. The van der Waals surface area contributed by atoms with E-state index < -0.39 is 10.0 Å². The SMILES string of the molecule is Cc1c(N)cccc1S(=O)(=O)N1CCCC2CCCCC21. The molecule has 21 heavy (non-hydrogen) atoms. The fraction of sp³-hybridized carbons (Fsp3) is 0.625. The summed E-state index contributed by atoms with van der Waals surface area (Å²) in [6.07, 6.45) is 6.71. The number of nitrogen functional groups attached to an aromatic ring is 1. The molecule has 1 saturated carbocycles. The van der Waals surface area contributed by atoms with Gasteiger partial charge in [0.1, 0.15) is 0 Å². The lowest BCUT2D eigenvalue weighted by molar-refractivity contribution is 0.129. The fourth-order valence-corrected chi connectivity index (χ4v) is 5.93. The van der Waals surface area contributed by atoms with E-state index in [0.29, 0.717) is 28.6 Å². The van der Waals surface area contributed by atoms with E-state index in [-0.39, 0.29) is 6.04 Å². The molecule has 2 aliphatic rings. The van der Waals surface area contributed by atoms with Crippen molar-refractivity contribution < 1.29 is 8.42 Å². The van der Waals surface area contributed by atoms with Crippen LogP contribution in [0.3, 0.4) is 0 Å². The van der Waals surface area contributed by atoms with Crippen molar-refractivity contribution in [1.82, 2.24) is 4.31 Å². The van der Waals surface area contributed by atoms with Crippen LogP contribution in [-0.2, 0) is 10.0 Å². The fourth-order valence-electron chi connectivity index (χ4n) is 3.91. The molecule has 2 unspecified atom stereocenters. The number of nitrogens with two attached hydrogens (primary N) is 1. The van der Waals surface area contributed by atoms with Gasteiger partial charge in [-0.3, -0.25) is 0 Å². The Bertz CT molecular complexity index is 625. The van der Waals surface area contributed by atoms with Crippen LogP contribution in [0.4, 0.5) is 5.69 Å². The molecule has 2 N–H and O–H groups in total. The molecule has 0 spiro atoms. The molecular formula is C16H24N2O2S. The molecule has 1 heterocycles. The largest absolute Gasteiger partial charge is 0.398 e. The third kappa shape index (κ3) is 2.57. The minimum Gasteiger partial charge on any atom is -0.398 e. The Morgan fingerprint density at radius 1 is 1.14 bits per heavy atom. The number of fused-ring (bicyclic) bond motifs is 1. The lowest BCUT2D eigenvalue weighted by Gasteiger charge is -2.43. The second-order valence-corrected chi connectivity index (χ2v) is 8.20. The number of rotatable bonds is 2. The molecular weight excluding hydrogens is 284 g/mol. The number of hydrogen-bond donors (Lipinski definition) is 1. The zero-order chi connectivity index (χ0) is 15.0. The van der Waals surface area contributed by atoms with Crippen molar-refractivity contribution in [2.75, 3.05) is 12.3 Å². The zero-order valence-electron chi connectivity index (χ0n) is 12.6. The maximum atomic E-state index is 13.1. The summed E-state index contributed by atoms with van der Waals surface area (Å²) in [6, 6.07) is 5.37. The van der Waals surface area contributed by atoms with Crippen molar-refractivity contribution in [1.29, 1.82) is 0 Å². The van der Waals surface area contributed by atoms with Crippen LogP contribution in [0.15, 0.2) is 23.1 Å². The summed E-state index contributed by atoms with van der Waals surface area (Å²) in [4.78, 5) is 0.383. The Hall–Kier alpha value is -1.07. The van der Waals surface area contributed by atoms with Gasteiger partial charge in [0.2, 0.25) is 10.0 Å². The van der Waals surface area contributed by atoms with Crippen molar-refractivity contribution in [2.24, 2.45) is 5.92 Å². The minimum atomic E-state index is -3.43. The Morgan fingerprint density at radius 3 is 2.67 bits per heavy atom. The summed E-state index contributed by atoms with van der Waals surface area (Å²) >= 11 is 0. The molecule has 1 aliphatic heterocycles. The van der Waals surface area contributed by atoms with E-state index in [4.69, 9.17) is 5.73 Å². The van der Waals surface area contributed by atoms with Gasteiger partial charge in [-0.15, -0.1) is 0 Å². The van der Waals surface area contributed by atoms with Crippen molar-refractivity contribution in [3.8, 4) is 0 Å². The maximum absolute atomic E-state index is 13.1. The van der Waals surface area contributed by atoms with Gasteiger partial charge in [0.25, 0.3) is 0 Å². The van der Waals surface area contributed by atoms with Crippen molar-refractivity contribution >= 4 is 15.7 Å².